The largest absolute Gasteiger partial charge is 0.313 e. The second-order valence-electron chi connectivity index (χ2n) is 8.32. The van der Waals surface area contributed by atoms with E-state index in [1.165, 1.54) is 5.56 Å². The van der Waals surface area contributed by atoms with Crippen molar-refractivity contribution in [3.05, 3.63) is 71.1 Å². The Morgan fingerprint density at radius 2 is 1.66 bits per heavy atom. The smallest absolute Gasteiger partial charge is 0.258 e. The van der Waals surface area contributed by atoms with Gasteiger partial charge >= 0.3 is 0 Å². The van der Waals surface area contributed by atoms with Crippen molar-refractivity contribution in [1.29, 1.82) is 0 Å². The fraction of sp³-hybridized carbons (Fsp3) is 0.360. The van der Waals surface area contributed by atoms with Crippen LogP contribution in [0.5, 0.6) is 0 Å². The summed E-state index contributed by atoms with van der Waals surface area (Å²) in [5.74, 6) is 0.927. The summed E-state index contributed by atoms with van der Waals surface area (Å²) in [6.45, 7) is 12.3. The average Bonchev–Trinajstić information content (AvgIpc) is 2.90. The van der Waals surface area contributed by atoms with Crippen LogP contribution in [0.2, 0.25) is 0 Å². The zero-order valence-electron chi connectivity index (χ0n) is 17.7. The molecule has 1 saturated heterocycles. The molecule has 0 N–H and O–H groups in total. The zero-order chi connectivity index (χ0) is 20.9. The van der Waals surface area contributed by atoms with Gasteiger partial charge < -0.3 is 4.90 Å². The molecule has 1 aliphatic carbocycles. The number of anilines is 2. The van der Waals surface area contributed by atoms with Crippen LogP contribution < -0.4 is 9.80 Å². The number of carbonyl (C=O) groups excluding carboxylic acids is 2. The molecule has 1 spiro atoms. The van der Waals surface area contributed by atoms with Crippen LogP contribution in [-0.2, 0) is 4.79 Å². The molecule has 0 atom stereocenters. The summed E-state index contributed by atoms with van der Waals surface area (Å²) in [4.78, 5) is 29.6. The third-order valence-electron chi connectivity index (χ3n) is 6.56. The third kappa shape index (κ3) is 2.81. The van der Waals surface area contributed by atoms with E-state index < -0.39 is 5.54 Å². The second-order valence-corrected chi connectivity index (χ2v) is 8.32. The lowest BCUT2D eigenvalue weighted by molar-refractivity contribution is -0.123. The van der Waals surface area contributed by atoms with Crippen LogP contribution in [0.3, 0.4) is 0 Å². The van der Waals surface area contributed by atoms with Gasteiger partial charge in [0.05, 0.1) is 5.69 Å². The first kappa shape index (κ1) is 19.4. The average molecular weight is 389 g/mol. The van der Waals surface area contributed by atoms with Crippen LogP contribution >= 0.6 is 0 Å². The van der Waals surface area contributed by atoms with E-state index in [0.29, 0.717) is 12.2 Å². The molecule has 4 rings (SSSR count). The Hall–Kier alpha value is -2.88. The van der Waals surface area contributed by atoms with Gasteiger partial charge in [-0.3, -0.25) is 14.5 Å². The summed E-state index contributed by atoms with van der Waals surface area (Å²) >= 11 is 0. The Bertz CT molecular complexity index is 1030. The standard InChI is InChI=1S/C25H28N2O2/c1-6-23(28)22-11-10-21(15-18(22)4)27-19(5)26(24(29)25(27)12-7-13-25)20-9-8-16(2)17(3)14-20/h8-11,14-15H,5-7,12-13H2,1-4H3. The van der Waals surface area contributed by atoms with Gasteiger partial charge in [-0.05, 0) is 87.1 Å². The number of rotatable bonds is 4. The topological polar surface area (TPSA) is 40.6 Å². The predicted octanol–water partition coefficient (Wildman–Crippen LogP) is 5.45. The molecule has 2 aromatic carbocycles. The van der Waals surface area contributed by atoms with Gasteiger partial charge in [0, 0.05) is 17.7 Å². The first-order valence-electron chi connectivity index (χ1n) is 10.3. The van der Waals surface area contributed by atoms with Crippen LogP contribution in [0.1, 0.15) is 59.7 Å². The Kier molecular flexibility index (Phi) is 4.60. The molecule has 1 saturated carbocycles. The van der Waals surface area contributed by atoms with Crippen molar-refractivity contribution in [2.75, 3.05) is 9.80 Å². The fourth-order valence-electron chi connectivity index (χ4n) is 4.53. The number of ketones is 1. The lowest BCUT2D eigenvalue weighted by Crippen LogP contribution is -2.54. The molecule has 29 heavy (non-hydrogen) atoms. The van der Waals surface area contributed by atoms with Crippen molar-refractivity contribution in [2.45, 2.75) is 58.9 Å². The van der Waals surface area contributed by atoms with E-state index in [1.807, 2.05) is 38.1 Å². The van der Waals surface area contributed by atoms with Gasteiger partial charge in [-0.1, -0.05) is 19.6 Å². The maximum Gasteiger partial charge on any atom is 0.258 e. The highest BCUT2D eigenvalue weighted by molar-refractivity contribution is 6.11. The number of hydrogen-bond donors (Lipinski definition) is 0. The van der Waals surface area contributed by atoms with Gasteiger partial charge in [-0.15, -0.1) is 0 Å². The molecule has 2 aromatic rings. The van der Waals surface area contributed by atoms with Crippen molar-refractivity contribution < 1.29 is 9.59 Å². The van der Waals surface area contributed by atoms with E-state index in [9.17, 15) is 9.59 Å². The number of carbonyl (C=O) groups is 2. The van der Waals surface area contributed by atoms with Crippen molar-refractivity contribution in [2.24, 2.45) is 0 Å². The normalized spacial score (nSPS) is 17.8. The Balaban J connectivity index is 1.78. The maximum absolute atomic E-state index is 13.6. The number of amides is 1. The van der Waals surface area contributed by atoms with Crippen LogP contribution in [-0.4, -0.2) is 17.2 Å². The quantitative estimate of drug-likeness (QED) is 0.654. The molecular formula is C25H28N2O2. The van der Waals surface area contributed by atoms with Crippen molar-refractivity contribution in [3.63, 3.8) is 0 Å². The molecule has 2 fully saturated rings. The highest BCUT2D eigenvalue weighted by Gasteiger charge is 2.58. The summed E-state index contributed by atoms with van der Waals surface area (Å²) in [7, 11) is 0. The van der Waals surface area contributed by atoms with Gasteiger partial charge in [-0.2, -0.15) is 0 Å². The molecule has 0 bridgehead atoms. The molecule has 0 radical (unpaired) electrons. The van der Waals surface area contributed by atoms with Crippen molar-refractivity contribution in [1.82, 2.24) is 0 Å². The van der Waals surface area contributed by atoms with Gasteiger partial charge in [-0.25, -0.2) is 0 Å². The lowest BCUT2D eigenvalue weighted by Gasteiger charge is -2.43. The Morgan fingerprint density at radius 3 is 2.21 bits per heavy atom. The fourth-order valence-corrected chi connectivity index (χ4v) is 4.53. The van der Waals surface area contributed by atoms with Gasteiger partial charge in [0.2, 0.25) is 0 Å². The molecule has 4 nitrogen and oxygen atoms in total. The van der Waals surface area contributed by atoms with Crippen LogP contribution in [0, 0.1) is 20.8 Å². The second kappa shape index (κ2) is 6.87. The number of benzene rings is 2. The number of Topliss-reactive ketones (excluding diaryl/α,β-unsaturated/α-hetero) is 1. The Morgan fingerprint density at radius 1 is 1.00 bits per heavy atom. The molecule has 1 heterocycles. The lowest BCUT2D eigenvalue weighted by atomic mass is 9.75. The summed E-state index contributed by atoms with van der Waals surface area (Å²) < 4.78 is 0. The van der Waals surface area contributed by atoms with E-state index in [0.717, 1.165) is 47.3 Å². The number of nitrogens with zero attached hydrogens (tertiary/aromatic N) is 2. The van der Waals surface area contributed by atoms with Crippen LogP contribution in [0.4, 0.5) is 11.4 Å². The number of aryl methyl sites for hydroxylation is 3. The van der Waals surface area contributed by atoms with E-state index in [-0.39, 0.29) is 11.7 Å². The summed E-state index contributed by atoms with van der Waals surface area (Å²) in [5, 5.41) is 0. The Labute approximate surface area is 172 Å². The van der Waals surface area contributed by atoms with Crippen LogP contribution in [0.25, 0.3) is 0 Å². The summed E-state index contributed by atoms with van der Waals surface area (Å²) in [6.07, 6.45) is 3.16. The predicted molar refractivity (Wildman–Crippen MR) is 117 cm³/mol. The van der Waals surface area contributed by atoms with Crippen molar-refractivity contribution >= 4 is 23.1 Å². The monoisotopic (exact) mass is 388 g/mol. The van der Waals surface area contributed by atoms with Crippen molar-refractivity contribution in [3.8, 4) is 0 Å². The molecule has 1 aliphatic heterocycles. The van der Waals surface area contributed by atoms with Gasteiger partial charge in [0.15, 0.2) is 5.78 Å². The minimum absolute atomic E-state index is 0.100. The molecule has 1 amide bonds. The third-order valence-corrected chi connectivity index (χ3v) is 6.56. The SMILES string of the molecule is C=C1N(c2ccc(C)c(C)c2)C(=O)C2(CCC2)N1c1ccc(C(=O)CC)c(C)c1. The minimum atomic E-state index is -0.557. The van der Waals surface area contributed by atoms with Crippen LogP contribution in [0.15, 0.2) is 48.8 Å². The van der Waals surface area contributed by atoms with E-state index >= 15 is 0 Å². The van der Waals surface area contributed by atoms with E-state index in [1.54, 1.807) is 4.90 Å². The van der Waals surface area contributed by atoms with E-state index in [2.05, 4.69) is 37.5 Å². The highest BCUT2D eigenvalue weighted by atomic mass is 16.2. The van der Waals surface area contributed by atoms with Gasteiger partial charge in [0.1, 0.15) is 11.4 Å². The van der Waals surface area contributed by atoms with E-state index in [4.69, 9.17) is 0 Å². The molecule has 2 aliphatic rings. The van der Waals surface area contributed by atoms with Gasteiger partial charge in [0.25, 0.3) is 5.91 Å². The maximum atomic E-state index is 13.6. The zero-order valence-corrected chi connectivity index (χ0v) is 17.7. The minimum Gasteiger partial charge on any atom is -0.313 e. The first-order chi connectivity index (χ1) is 13.8. The molecule has 4 heteroatoms. The molecular weight excluding hydrogens is 360 g/mol. The molecule has 0 unspecified atom stereocenters. The first-order valence-corrected chi connectivity index (χ1v) is 10.3. The summed E-state index contributed by atoms with van der Waals surface area (Å²) in [6, 6.07) is 12.0. The number of hydrogen-bond acceptors (Lipinski definition) is 3. The molecule has 0 aromatic heterocycles. The summed E-state index contributed by atoms with van der Waals surface area (Å²) in [5.41, 5.74) is 5.29. The highest BCUT2D eigenvalue weighted by Crippen LogP contribution is 2.50. The molecule has 150 valence electrons.